The molecule has 0 spiro atoms. The van der Waals surface area contributed by atoms with E-state index in [1.165, 1.54) is 16.4 Å². The van der Waals surface area contributed by atoms with Crippen LogP contribution in [-0.4, -0.2) is 45.6 Å². The van der Waals surface area contributed by atoms with Crippen LogP contribution in [0.2, 0.25) is 0 Å². The summed E-state index contributed by atoms with van der Waals surface area (Å²) >= 11 is 0. The molecule has 4 rings (SSSR count). The normalized spacial score (nSPS) is 16.4. The Labute approximate surface area is 150 Å². The Morgan fingerprint density at radius 1 is 1.19 bits per heavy atom. The number of nitrogens with one attached hydrogen (secondary N) is 1. The molecule has 1 aliphatic heterocycles. The number of hydrogen-bond donors (Lipinski definition) is 1. The van der Waals surface area contributed by atoms with E-state index in [0.29, 0.717) is 35.4 Å². The van der Waals surface area contributed by atoms with Crippen molar-refractivity contribution in [3.05, 3.63) is 29.8 Å². The quantitative estimate of drug-likeness (QED) is 0.760. The molecule has 0 unspecified atom stereocenters. The Kier molecular flexibility index (Phi) is 4.07. The van der Waals surface area contributed by atoms with Crippen LogP contribution in [0, 0.1) is 12.7 Å². The molecule has 7 nitrogen and oxygen atoms in total. The lowest BCUT2D eigenvalue weighted by molar-refractivity contribution is 0.346. The van der Waals surface area contributed by atoms with E-state index in [4.69, 9.17) is 0 Å². The van der Waals surface area contributed by atoms with Crippen molar-refractivity contribution in [3.63, 3.8) is 0 Å². The summed E-state index contributed by atoms with van der Waals surface area (Å²) < 4.78 is 43.4. The Balaban J connectivity index is 1.90. The lowest BCUT2D eigenvalue weighted by Gasteiger charge is -2.25. The van der Waals surface area contributed by atoms with Crippen LogP contribution in [0.1, 0.15) is 24.8 Å². The zero-order valence-corrected chi connectivity index (χ0v) is 15.5. The maximum Gasteiger partial charge on any atom is 0.258 e. The number of hydrogen-bond acceptors (Lipinski definition) is 4. The third-order valence-electron chi connectivity index (χ3n) is 4.79. The first-order valence-electron chi connectivity index (χ1n) is 8.56. The van der Waals surface area contributed by atoms with Crippen LogP contribution in [0.5, 0.6) is 0 Å². The molecule has 0 atom stereocenters. The minimum Gasteiger partial charge on any atom is -0.342 e. The van der Waals surface area contributed by atoms with Crippen molar-refractivity contribution in [1.82, 2.24) is 24.1 Å². The molecule has 1 aromatic carbocycles. The number of aryl methyl sites for hydroxylation is 2. The molecule has 0 aliphatic carbocycles. The van der Waals surface area contributed by atoms with Crippen molar-refractivity contribution >= 4 is 20.9 Å². The predicted molar refractivity (Wildman–Crippen MR) is 95.6 cm³/mol. The van der Waals surface area contributed by atoms with E-state index < -0.39 is 15.8 Å². The van der Waals surface area contributed by atoms with Crippen molar-refractivity contribution in [2.75, 3.05) is 13.1 Å². The number of H-pyrrole nitrogens is 1. The van der Waals surface area contributed by atoms with E-state index in [9.17, 15) is 12.8 Å². The van der Waals surface area contributed by atoms with E-state index in [2.05, 4.69) is 15.1 Å². The van der Waals surface area contributed by atoms with Gasteiger partial charge < -0.3 is 4.98 Å². The molecule has 1 saturated heterocycles. The minimum atomic E-state index is -3.68. The van der Waals surface area contributed by atoms with Gasteiger partial charge in [0, 0.05) is 31.1 Å². The second kappa shape index (κ2) is 6.17. The standard InChI is InChI=1S/C17H20FN5O2S/c1-11-8-13(18)16-12(15(11)17-19-10-22(2)21-17)9-14(20-16)26(24,25)23-6-4-3-5-7-23/h8-10,20H,3-7H2,1-2H3. The fourth-order valence-electron chi connectivity index (χ4n) is 3.50. The summed E-state index contributed by atoms with van der Waals surface area (Å²) in [6.07, 6.45) is 4.27. The molecule has 0 radical (unpaired) electrons. The Hall–Kier alpha value is -2.26. The van der Waals surface area contributed by atoms with Crippen molar-refractivity contribution in [2.24, 2.45) is 7.05 Å². The lowest BCUT2D eigenvalue weighted by Crippen LogP contribution is -2.35. The zero-order chi connectivity index (χ0) is 18.5. The van der Waals surface area contributed by atoms with Gasteiger partial charge in [0.15, 0.2) is 5.82 Å². The molecule has 26 heavy (non-hydrogen) atoms. The van der Waals surface area contributed by atoms with Gasteiger partial charge in [-0.25, -0.2) is 17.8 Å². The highest BCUT2D eigenvalue weighted by Crippen LogP contribution is 2.34. The van der Waals surface area contributed by atoms with Gasteiger partial charge >= 0.3 is 0 Å². The number of rotatable bonds is 3. The summed E-state index contributed by atoms with van der Waals surface area (Å²) in [5, 5.41) is 4.78. The lowest BCUT2D eigenvalue weighted by atomic mass is 10.0. The number of piperidine rings is 1. The van der Waals surface area contributed by atoms with Crippen LogP contribution < -0.4 is 0 Å². The summed E-state index contributed by atoms with van der Waals surface area (Å²) in [6, 6.07) is 2.88. The highest BCUT2D eigenvalue weighted by Gasteiger charge is 2.29. The Morgan fingerprint density at radius 3 is 2.58 bits per heavy atom. The van der Waals surface area contributed by atoms with Gasteiger partial charge in [-0.05, 0) is 37.5 Å². The van der Waals surface area contributed by atoms with Gasteiger partial charge in [-0.1, -0.05) is 6.42 Å². The van der Waals surface area contributed by atoms with E-state index in [1.54, 1.807) is 25.0 Å². The van der Waals surface area contributed by atoms with Crippen LogP contribution in [0.3, 0.4) is 0 Å². The molecule has 1 aliphatic rings. The van der Waals surface area contributed by atoms with Gasteiger partial charge in [0.25, 0.3) is 10.0 Å². The molecule has 0 bridgehead atoms. The number of fused-ring (bicyclic) bond motifs is 1. The predicted octanol–water partition coefficient (Wildman–Crippen LogP) is 2.59. The van der Waals surface area contributed by atoms with Crippen molar-refractivity contribution in [1.29, 1.82) is 0 Å². The molecule has 1 fully saturated rings. The van der Waals surface area contributed by atoms with E-state index in [0.717, 1.165) is 19.3 Å². The fourth-order valence-corrected chi connectivity index (χ4v) is 5.01. The summed E-state index contributed by atoms with van der Waals surface area (Å²) in [4.78, 5) is 7.02. The zero-order valence-electron chi connectivity index (χ0n) is 14.7. The van der Waals surface area contributed by atoms with Gasteiger partial charge in [0.05, 0.1) is 5.52 Å². The first kappa shape index (κ1) is 17.2. The average Bonchev–Trinajstić information content (AvgIpc) is 3.23. The second-order valence-corrected chi connectivity index (χ2v) is 8.59. The molecule has 0 amide bonds. The summed E-state index contributed by atoms with van der Waals surface area (Å²) in [7, 11) is -1.94. The van der Waals surface area contributed by atoms with E-state index >= 15 is 0 Å². The van der Waals surface area contributed by atoms with Gasteiger partial charge in [-0.15, -0.1) is 0 Å². The molecule has 3 heterocycles. The monoisotopic (exact) mass is 377 g/mol. The Morgan fingerprint density at radius 2 is 1.92 bits per heavy atom. The van der Waals surface area contributed by atoms with Gasteiger partial charge in [-0.2, -0.15) is 9.40 Å². The third kappa shape index (κ3) is 2.71. The first-order valence-corrected chi connectivity index (χ1v) is 10.00. The maximum atomic E-state index is 14.5. The maximum absolute atomic E-state index is 14.5. The largest absolute Gasteiger partial charge is 0.342 e. The van der Waals surface area contributed by atoms with Crippen LogP contribution >= 0.6 is 0 Å². The van der Waals surface area contributed by atoms with Crippen LogP contribution in [0.15, 0.2) is 23.5 Å². The van der Waals surface area contributed by atoms with E-state index in [-0.39, 0.29) is 10.5 Å². The van der Waals surface area contributed by atoms with Gasteiger partial charge in [0.1, 0.15) is 17.2 Å². The van der Waals surface area contributed by atoms with E-state index in [1.807, 2.05) is 0 Å². The average molecular weight is 377 g/mol. The topological polar surface area (TPSA) is 83.9 Å². The number of aromatic amines is 1. The summed E-state index contributed by atoms with van der Waals surface area (Å²) in [6.45, 7) is 2.75. The number of benzene rings is 1. The molecular weight excluding hydrogens is 357 g/mol. The fraction of sp³-hybridized carbons (Fsp3) is 0.412. The Bertz CT molecular complexity index is 1080. The molecular formula is C17H20FN5O2S. The van der Waals surface area contributed by atoms with Gasteiger partial charge in [0.2, 0.25) is 0 Å². The molecule has 138 valence electrons. The summed E-state index contributed by atoms with van der Waals surface area (Å²) in [5.41, 5.74) is 1.45. The summed E-state index contributed by atoms with van der Waals surface area (Å²) in [5.74, 6) is -0.0480. The number of halogens is 1. The number of nitrogens with zero attached hydrogens (tertiary/aromatic N) is 4. The highest BCUT2D eigenvalue weighted by molar-refractivity contribution is 7.89. The molecule has 0 saturated carbocycles. The van der Waals surface area contributed by atoms with Crippen molar-refractivity contribution < 1.29 is 12.8 Å². The number of aromatic nitrogens is 4. The molecule has 1 N–H and O–H groups in total. The highest BCUT2D eigenvalue weighted by atomic mass is 32.2. The third-order valence-corrected chi connectivity index (χ3v) is 6.62. The first-order chi connectivity index (χ1) is 12.4. The minimum absolute atomic E-state index is 0.0103. The molecule has 9 heteroatoms. The van der Waals surface area contributed by atoms with Crippen LogP contribution in [0.4, 0.5) is 4.39 Å². The smallest absolute Gasteiger partial charge is 0.258 e. The SMILES string of the molecule is Cc1cc(F)c2[nH]c(S(=O)(=O)N3CCCCC3)cc2c1-c1ncn(C)n1. The van der Waals surface area contributed by atoms with Crippen LogP contribution in [-0.2, 0) is 17.1 Å². The molecule has 2 aromatic heterocycles. The second-order valence-electron chi connectivity index (χ2n) is 6.68. The van der Waals surface area contributed by atoms with Gasteiger partial charge in [-0.3, -0.25) is 4.68 Å². The molecule has 3 aromatic rings. The number of sulfonamides is 1. The van der Waals surface area contributed by atoms with Crippen molar-refractivity contribution in [3.8, 4) is 11.4 Å². The van der Waals surface area contributed by atoms with Crippen molar-refractivity contribution in [2.45, 2.75) is 31.2 Å². The van der Waals surface area contributed by atoms with Crippen LogP contribution in [0.25, 0.3) is 22.3 Å².